The van der Waals surface area contributed by atoms with E-state index in [9.17, 15) is 18.8 Å². The molecule has 3 amide bonds. The van der Waals surface area contributed by atoms with E-state index >= 15 is 0 Å². The van der Waals surface area contributed by atoms with E-state index in [4.69, 9.17) is 5.11 Å². The van der Waals surface area contributed by atoms with Crippen molar-refractivity contribution in [1.29, 1.82) is 0 Å². The zero-order chi connectivity index (χ0) is 25.9. The van der Waals surface area contributed by atoms with Gasteiger partial charge in [-0.05, 0) is 61.9 Å². The Morgan fingerprint density at radius 3 is 2.50 bits per heavy atom. The maximum absolute atomic E-state index is 13.9. The predicted octanol–water partition coefficient (Wildman–Crippen LogP) is 3.79. The summed E-state index contributed by atoms with van der Waals surface area (Å²) < 4.78 is 13.9. The second-order valence-electron chi connectivity index (χ2n) is 9.80. The Morgan fingerprint density at radius 2 is 1.83 bits per heavy atom. The van der Waals surface area contributed by atoms with Crippen molar-refractivity contribution < 1.29 is 23.9 Å². The summed E-state index contributed by atoms with van der Waals surface area (Å²) in [5, 5.41) is 14.7. The molecular formula is C27H31FN4O4. The van der Waals surface area contributed by atoms with Crippen molar-refractivity contribution in [1.82, 2.24) is 20.5 Å². The normalized spacial score (nSPS) is 15.5. The fourth-order valence-corrected chi connectivity index (χ4v) is 4.78. The number of fused-ring (bicyclic) bond motifs is 1. The summed E-state index contributed by atoms with van der Waals surface area (Å²) in [6.07, 6.45) is 2.11. The lowest BCUT2D eigenvalue weighted by Crippen LogP contribution is -2.60. The molecule has 1 unspecified atom stereocenters. The molecule has 1 atom stereocenters. The van der Waals surface area contributed by atoms with E-state index in [1.807, 2.05) is 18.2 Å². The number of carbonyl (C=O) groups is 3. The third kappa shape index (κ3) is 5.67. The number of hydrogen-bond acceptors (Lipinski definition) is 3. The molecule has 1 fully saturated rings. The van der Waals surface area contributed by atoms with Gasteiger partial charge in [0.05, 0.1) is 0 Å². The highest BCUT2D eigenvalue weighted by Gasteiger charge is 2.35. The highest BCUT2D eigenvalue weighted by atomic mass is 19.1. The largest absolute Gasteiger partial charge is 0.465 e. The van der Waals surface area contributed by atoms with Crippen molar-refractivity contribution in [3.05, 3.63) is 71.7 Å². The fraction of sp³-hybridized carbons (Fsp3) is 0.370. The quantitative estimate of drug-likeness (QED) is 0.400. The van der Waals surface area contributed by atoms with Crippen LogP contribution in [0.3, 0.4) is 0 Å². The topological polar surface area (TPSA) is 115 Å². The van der Waals surface area contributed by atoms with E-state index in [1.165, 1.54) is 31.5 Å². The summed E-state index contributed by atoms with van der Waals surface area (Å²) in [6.45, 7) is 3.96. The van der Waals surface area contributed by atoms with Crippen LogP contribution in [0.5, 0.6) is 0 Å². The number of carboxylic acid groups (broad SMARTS) is 1. The molecule has 1 saturated heterocycles. The molecular weight excluding hydrogens is 463 g/mol. The smallest absolute Gasteiger partial charge is 0.405 e. The molecule has 0 bridgehead atoms. The number of aromatic nitrogens is 1. The molecule has 0 saturated carbocycles. The summed E-state index contributed by atoms with van der Waals surface area (Å²) in [5.41, 5.74) is 1.21. The van der Waals surface area contributed by atoms with Crippen molar-refractivity contribution >= 4 is 28.8 Å². The zero-order valence-electron chi connectivity index (χ0n) is 20.4. The first-order chi connectivity index (χ1) is 17.1. The van der Waals surface area contributed by atoms with E-state index in [2.05, 4.69) is 27.8 Å². The van der Waals surface area contributed by atoms with Gasteiger partial charge in [-0.2, -0.15) is 0 Å². The third-order valence-corrected chi connectivity index (χ3v) is 6.82. The van der Waals surface area contributed by atoms with E-state index < -0.39 is 29.4 Å². The van der Waals surface area contributed by atoms with Crippen LogP contribution in [0.15, 0.2) is 54.7 Å². The summed E-state index contributed by atoms with van der Waals surface area (Å²) in [5.74, 6) is -0.899. The van der Waals surface area contributed by atoms with Gasteiger partial charge in [-0.25, -0.2) is 9.18 Å². The average Bonchev–Trinajstić information content (AvgIpc) is 3.24. The third-order valence-electron chi connectivity index (χ3n) is 6.82. The predicted molar refractivity (Wildman–Crippen MR) is 134 cm³/mol. The van der Waals surface area contributed by atoms with Gasteiger partial charge in [-0.15, -0.1) is 0 Å². The number of nitrogens with zero attached hydrogens (tertiary/aromatic N) is 1. The number of benzene rings is 2. The lowest BCUT2D eigenvalue weighted by Gasteiger charge is -2.35. The molecule has 0 aliphatic carbocycles. The van der Waals surface area contributed by atoms with Crippen molar-refractivity contribution in [3.63, 3.8) is 0 Å². The first-order valence-electron chi connectivity index (χ1n) is 12.1. The number of hydrogen-bond donors (Lipinski definition) is 4. The molecule has 2 heterocycles. The molecule has 2 aromatic carbocycles. The molecule has 1 aliphatic rings. The van der Waals surface area contributed by atoms with Crippen LogP contribution in [-0.4, -0.2) is 57.6 Å². The molecule has 190 valence electrons. The Morgan fingerprint density at radius 1 is 1.14 bits per heavy atom. The van der Waals surface area contributed by atoms with Crippen LogP contribution in [0.1, 0.15) is 43.7 Å². The van der Waals surface area contributed by atoms with Crippen LogP contribution in [0.2, 0.25) is 0 Å². The van der Waals surface area contributed by atoms with Crippen LogP contribution >= 0.6 is 0 Å². The van der Waals surface area contributed by atoms with Gasteiger partial charge < -0.3 is 25.6 Å². The van der Waals surface area contributed by atoms with Crippen molar-refractivity contribution in [2.75, 3.05) is 13.1 Å². The lowest BCUT2D eigenvalue weighted by atomic mass is 9.89. The highest BCUT2D eigenvalue weighted by Crippen LogP contribution is 2.28. The zero-order valence-corrected chi connectivity index (χ0v) is 20.4. The number of likely N-dealkylation sites (tertiary alicyclic amines) is 1. The Kier molecular flexibility index (Phi) is 7.28. The van der Waals surface area contributed by atoms with Crippen LogP contribution in [0.25, 0.3) is 10.9 Å². The molecule has 36 heavy (non-hydrogen) atoms. The number of amides is 3. The minimum absolute atomic E-state index is 0.135. The Balaban J connectivity index is 1.54. The van der Waals surface area contributed by atoms with E-state index in [-0.39, 0.29) is 12.3 Å². The van der Waals surface area contributed by atoms with Gasteiger partial charge >= 0.3 is 6.09 Å². The van der Waals surface area contributed by atoms with Crippen LogP contribution in [0.4, 0.5) is 9.18 Å². The number of nitrogens with one attached hydrogen (secondary N) is 3. The van der Waals surface area contributed by atoms with Gasteiger partial charge in [0.25, 0.3) is 0 Å². The van der Waals surface area contributed by atoms with Crippen molar-refractivity contribution in [2.45, 2.75) is 50.6 Å². The summed E-state index contributed by atoms with van der Waals surface area (Å²) in [6, 6.07) is 13.6. The Hall–Kier alpha value is -3.88. The maximum atomic E-state index is 13.9. The first kappa shape index (κ1) is 25.2. The van der Waals surface area contributed by atoms with E-state index in [0.29, 0.717) is 30.0 Å². The average molecular weight is 495 g/mol. The number of piperidine rings is 1. The SMILES string of the molecule is CC(C)(NC(=O)O)C(=O)NC(Cc1c[nH]c2ccc(F)cc12)C(=O)N1CCC(c2ccccc2)CC1. The lowest BCUT2D eigenvalue weighted by molar-refractivity contribution is -0.138. The number of carbonyl (C=O) groups excluding carboxylic acids is 2. The standard InChI is InChI=1S/C27H31FN4O4/c1-27(2,31-26(35)36)25(34)30-23(14-19-16-29-22-9-8-20(28)15-21(19)22)24(33)32-12-10-18(11-13-32)17-6-4-3-5-7-17/h3-9,15-16,18,23,29,31H,10-14H2,1-2H3,(H,30,34)(H,35,36). The number of halogens is 1. The molecule has 1 aromatic heterocycles. The number of H-pyrrole nitrogens is 1. The van der Waals surface area contributed by atoms with Crippen molar-refractivity contribution in [3.8, 4) is 0 Å². The van der Waals surface area contributed by atoms with Crippen LogP contribution in [0, 0.1) is 5.82 Å². The number of rotatable bonds is 7. The molecule has 1 aliphatic heterocycles. The molecule has 9 heteroatoms. The van der Waals surface area contributed by atoms with Crippen molar-refractivity contribution in [2.24, 2.45) is 0 Å². The Bertz CT molecular complexity index is 1250. The second-order valence-corrected chi connectivity index (χ2v) is 9.80. The van der Waals surface area contributed by atoms with Gasteiger partial charge in [-0.1, -0.05) is 30.3 Å². The Labute approximate surface area is 208 Å². The molecule has 4 rings (SSSR count). The number of aromatic amines is 1. The van der Waals surface area contributed by atoms with Crippen LogP contribution in [-0.2, 0) is 16.0 Å². The second kappa shape index (κ2) is 10.4. The minimum Gasteiger partial charge on any atom is -0.465 e. The molecule has 4 N–H and O–H groups in total. The molecule has 3 aromatic rings. The maximum Gasteiger partial charge on any atom is 0.405 e. The van der Waals surface area contributed by atoms with Gasteiger partial charge in [-0.3, -0.25) is 9.59 Å². The molecule has 0 radical (unpaired) electrons. The van der Waals surface area contributed by atoms with Gasteiger partial charge in [0, 0.05) is 36.6 Å². The van der Waals surface area contributed by atoms with Gasteiger partial charge in [0.1, 0.15) is 17.4 Å². The van der Waals surface area contributed by atoms with E-state index in [1.54, 1.807) is 17.2 Å². The van der Waals surface area contributed by atoms with Crippen LogP contribution < -0.4 is 10.6 Å². The van der Waals surface area contributed by atoms with Gasteiger partial charge in [0.15, 0.2) is 0 Å². The fourth-order valence-electron chi connectivity index (χ4n) is 4.78. The summed E-state index contributed by atoms with van der Waals surface area (Å²) in [7, 11) is 0. The minimum atomic E-state index is -1.45. The monoisotopic (exact) mass is 494 g/mol. The van der Waals surface area contributed by atoms with Gasteiger partial charge in [0.2, 0.25) is 11.8 Å². The highest BCUT2D eigenvalue weighted by molar-refractivity contribution is 5.94. The van der Waals surface area contributed by atoms with E-state index in [0.717, 1.165) is 18.4 Å². The summed E-state index contributed by atoms with van der Waals surface area (Å²) >= 11 is 0. The first-order valence-corrected chi connectivity index (χ1v) is 12.1. The molecule has 8 nitrogen and oxygen atoms in total. The molecule has 0 spiro atoms. The summed E-state index contributed by atoms with van der Waals surface area (Å²) in [4.78, 5) is 42.6.